The number of carboxylic acids is 1. The van der Waals surface area contributed by atoms with Gasteiger partial charge in [-0.25, -0.2) is 0 Å². The van der Waals surface area contributed by atoms with Gasteiger partial charge in [0.25, 0.3) is 0 Å². The zero-order chi connectivity index (χ0) is 13.3. The Morgan fingerprint density at radius 1 is 1.28 bits per heavy atom. The van der Waals surface area contributed by atoms with E-state index in [2.05, 4.69) is 5.32 Å². The summed E-state index contributed by atoms with van der Waals surface area (Å²) in [6, 6.07) is 0.176. The summed E-state index contributed by atoms with van der Waals surface area (Å²) < 4.78 is 0. The third kappa shape index (κ3) is 3.24. The Bertz CT molecular complexity index is 338. The molecule has 4 nitrogen and oxygen atoms in total. The molecule has 1 amide bonds. The SMILES string of the molecule is CC1CC(C(=O)O)C(C(=O)NC(C)CC2CC2)C1. The smallest absolute Gasteiger partial charge is 0.307 e. The Morgan fingerprint density at radius 3 is 2.44 bits per heavy atom. The van der Waals surface area contributed by atoms with Crippen LogP contribution in [0.3, 0.4) is 0 Å². The van der Waals surface area contributed by atoms with Crippen molar-refractivity contribution >= 4 is 11.9 Å². The maximum Gasteiger partial charge on any atom is 0.307 e. The average Bonchev–Trinajstić information content (AvgIpc) is 2.97. The van der Waals surface area contributed by atoms with Crippen LogP contribution in [0.4, 0.5) is 0 Å². The van der Waals surface area contributed by atoms with Crippen molar-refractivity contribution in [1.82, 2.24) is 5.32 Å². The number of carbonyl (C=O) groups excluding carboxylic acids is 1. The van der Waals surface area contributed by atoms with Gasteiger partial charge in [0.05, 0.1) is 11.8 Å². The first kappa shape index (κ1) is 13.4. The first-order valence-electron chi connectivity index (χ1n) is 7.00. The summed E-state index contributed by atoms with van der Waals surface area (Å²) in [6.07, 6.45) is 4.92. The maximum atomic E-state index is 12.1. The third-order valence-electron chi connectivity index (χ3n) is 4.22. The van der Waals surface area contributed by atoms with Crippen LogP contribution in [0.2, 0.25) is 0 Å². The van der Waals surface area contributed by atoms with Gasteiger partial charge in [0.1, 0.15) is 0 Å². The van der Waals surface area contributed by atoms with Crippen molar-refractivity contribution in [2.24, 2.45) is 23.7 Å². The van der Waals surface area contributed by atoms with E-state index in [0.717, 1.165) is 12.3 Å². The van der Waals surface area contributed by atoms with E-state index in [1.165, 1.54) is 12.8 Å². The molecule has 102 valence electrons. The minimum absolute atomic E-state index is 0.0556. The fraction of sp³-hybridized carbons (Fsp3) is 0.857. The van der Waals surface area contributed by atoms with Crippen molar-refractivity contribution in [1.29, 1.82) is 0 Å². The molecule has 2 fully saturated rings. The van der Waals surface area contributed by atoms with Gasteiger partial charge < -0.3 is 10.4 Å². The number of nitrogens with one attached hydrogen (secondary N) is 1. The number of carbonyl (C=O) groups is 2. The lowest BCUT2D eigenvalue weighted by molar-refractivity contribution is -0.146. The third-order valence-corrected chi connectivity index (χ3v) is 4.22. The zero-order valence-electron chi connectivity index (χ0n) is 11.2. The molecule has 0 aromatic carbocycles. The van der Waals surface area contributed by atoms with Crippen LogP contribution in [-0.2, 0) is 9.59 Å². The Kier molecular flexibility index (Phi) is 3.93. The van der Waals surface area contributed by atoms with Gasteiger partial charge >= 0.3 is 5.97 Å². The molecule has 18 heavy (non-hydrogen) atoms. The monoisotopic (exact) mass is 253 g/mol. The van der Waals surface area contributed by atoms with E-state index in [4.69, 9.17) is 5.11 Å². The standard InChI is InChI=1S/C14H23NO3/c1-8-5-11(12(6-8)14(17)18)13(16)15-9(2)7-10-3-4-10/h8-12H,3-7H2,1-2H3,(H,15,16)(H,17,18). The molecule has 2 rings (SSSR count). The summed E-state index contributed by atoms with van der Waals surface area (Å²) in [5.41, 5.74) is 0. The molecule has 2 aliphatic carbocycles. The second kappa shape index (κ2) is 5.29. The normalized spacial score (nSPS) is 33.1. The first-order chi connectivity index (χ1) is 8.47. The molecule has 2 saturated carbocycles. The predicted molar refractivity (Wildman–Crippen MR) is 68.0 cm³/mol. The fourth-order valence-corrected chi connectivity index (χ4v) is 3.12. The van der Waals surface area contributed by atoms with Crippen molar-refractivity contribution in [2.75, 3.05) is 0 Å². The number of carboxylic acid groups (broad SMARTS) is 1. The van der Waals surface area contributed by atoms with Gasteiger partial charge in [0.2, 0.25) is 5.91 Å². The highest BCUT2D eigenvalue weighted by molar-refractivity contribution is 5.85. The number of amides is 1. The van der Waals surface area contributed by atoms with Gasteiger partial charge in [-0.05, 0) is 38.0 Å². The van der Waals surface area contributed by atoms with Crippen LogP contribution in [0.25, 0.3) is 0 Å². The molecular weight excluding hydrogens is 230 g/mol. The molecule has 0 aromatic rings. The van der Waals surface area contributed by atoms with Gasteiger partial charge in [0.15, 0.2) is 0 Å². The highest BCUT2D eigenvalue weighted by Gasteiger charge is 2.41. The number of hydrogen-bond donors (Lipinski definition) is 2. The lowest BCUT2D eigenvalue weighted by atomic mass is 9.95. The molecule has 0 heterocycles. The number of hydrogen-bond acceptors (Lipinski definition) is 2. The van der Waals surface area contributed by atoms with E-state index in [0.29, 0.717) is 18.8 Å². The second-order valence-corrected chi connectivity index (χ2v) is 6.22. The molecule has 4 heteroatoms. The summed E-state index contributed by atoms with van der Waals surface area (Å²) in [7, 11) is 0. The van der Waals surface area contributed by atoms with Crippen LogP contribution in [0, 0.1) is 23.7 Å². The van der Waals surface area contributed by atoms with Crippen LogP contribution in [0.15, 0.2) is 0 Å². The Hall–Kier alpha value is -1.06. The number of aliphatic carboxylic acids is 1. The molecule has 0 saturated heterocycles. The molecule has 0 spiro atoms. The molecule has 4 unspecified atom stereocenters. The van der Waals surface area contributed by atoms with Crippen LogP contribution in [-0.4, -0.2) is 23.0 Å². The molecule has 2 N–H and O–H groups in total. The van der Waals surface area contributed by atoms with Gasteiger partial charge in [-0.2, -0.15) is 0 Å². The minimum Gasteiger partial charge on any atom is -0.481 e. The average molecular weight is 253 g/mol. The first-order valence-corrected chi connectivity index (χ1v) is 7.00. The van der Waals surface area contributed by atoms with E-state index in [1.807, 2.05) is 13.8 Å². The predicted octanol–water partition coefficient (Wildman–Crippen LogP) is 2.04. The summed E-state index contributed by atoms with van der Waals surface area (Å²) >= 11 is 0. The fourth-order valence-electron chi connectivity index (χ4n) is 3.12. The van der Waals surface area contributed by atoms with Crippen molar-refractivity contribution in [3.05, 3.63) is 0 Å². The second-order valence-electron chi connectivity index (χ2n) is 6.22. The van der Waals surface area contributed by atoms with Gasteiger partial charge in [0, 0.05) is 6.04 Å². The highest BCUT2D eigenvalue weighted by atomic mass is 16.4. The molecule has 2 aliphatic rings. The summed E-state index contributed by atoms with van der Waals surface area (Å²) in [5.74, 6) is -0.597. The molecule has 0 aromatic heterocycles. The number of rotatable bonds is 5. The van der Waals surface area contributed by atoms with E-state index in [1.54, 1.807) is 0 Å². The van der Waals surface area contributed by atoms with Crippen molar-refractivity contribution in [3.63, 3.8) is 0 Å². The van der Waals surface area contributed by atoms with Crippen molar-refractivity contribution in [3.8, 4) is 0 Å². The van der Waals surface area contributed by atoms with Crippen molar-refractivity contribution in [2.45, 2.75) is 52.0 Å². The highest BCUT2D eigenvalue weighted by Crippen LogP contribution is 2.37. The van der Waals surface area contributed by atoms with Crippen LogP contribution < -0.4 is 5.32 Å². The van der Waals surface area contributed by atoms with Gasteiger partial charge in [-0.1, -0.05) is 19.8 Å². The Morgan fingerprint density at radius 2 is 1.89 bits per heavy atom. The molecule has 4 atom stereocenters. The molecule has 0 bridgehead atoms. The molecule has 0 radical (unpaired) electrons. The largest absolute Gasteiger partial charge is 0.481 e. The van der Waals surface area contributed by atoms with Gasteiger partial charge in [-0.3, -0.25) is 9.59 Å². The van der Waals surface area contributed by atoms with Crippen LogP contribution >= 0.6 is 0 Å². The van der Waals surface area contributed by atoms with Crippen LogP contribution in [0.5, 0.6) is 0 Å². The quantitative estimate of drug-likeness (QED) is 0.788. The summed E-state index contributed by atoms with van der Waals surface area (Å²) in [5, 5.41) is 12.2. The van der Waals surface area contributed by atoms with E-state index in [9.17, 15) is 9.59 Å². The lowest BCUT2D eigenvalue weighted by Gasteiger charge is -2.19. The molecule has 0 aliphatic heterocycles. The topological polar surface area (TPSA) is 66.4 Å². The summed E-state index contributed by atoms with van der Waals surface area (Å²) in [6.45, 7) is 4.04. The maximum absolute atomic E-state index is 12.1. The summed E-state index contributed by atoms with van der Waals surface area (Å²) in [4.78, 5) is 23.3. The van der Waals surface area contributed by atoms with Crippen molar-refractivity contribution < 1.29 is 14.7 Å². The van der Waals surface area contributed by atoms with Gasteiger partial charge in [-0.15, -0.1) is 0 Å². The molecular formula is C14H23NO3. The lowest BCUT2D eigenvalue weighted by Crippen LogP contribution is -2.40. The van der Waals surface area contributed by atoms with E-state index >= 15 is 0 Å². The van der Waals surface area contributed by atoms with E-state index < -0.39 is 11.9 Å². The zero-order valence-corrected chi connectivity index (χ0v) is 11.2. The Balaban J connectivity index is 1.88. The van der Waals surface area contributed by atoms with Crippen LogP contribution in [0.1, 0.15) is 46.0 Å². The van der Waals surface area contributed by atoms with E-state index in [-0.39, 0.29) is 17.9 Å². The minimum atomic E-state index is -0.825. The Labute approximate surface area is 108 Å².